The highest BCUT2D eigenvalue weighted by Crippen LogP contribution is 2.53. The van der Waals surface area contributed by atoms with Gasteiger partial charge in [-0.1, -0.05) is 23.7 Å². The molecule has 0 unspecified atom stereocenters. The lowest BCUT2D eigenvalue weighted by Crippen LogP contribution is -2.48. The van der Waals surface area contributed by atoms with Crippen LogP contribution in [0.1, 0.15) is 23.5 Å². The number of nitrogens with zero attached hydrogens (tertiary/aromatic N) is 2. The number of halogens is 1. The van der Waals surface area contributed by atoms with Crippen LogP contribution in [0.3, 0.4) is 0 Å². The number of ether oxygens (including phenoxy) is 3. The highest BCUT2D eigenvalue weighted by Gasteiger charge is 2.52. The summed E-state index contributed by atoms with van der Waals surface area (Å²) in [6.45, 7) is 0. The zero-order chi connectivity index (χ0) is 23.0. The van der Waals surface area contributed by atoms with Crippen molar-refractivity contribution in [2.24, 2.45) is 0 Å². The van der Waals surface area contributed by atoms with Gasteiger partial charge in [-0.05, 0) is 29.8 Å². The third-order valence-corrected chi connectivity index (χ3v) is 7.18. The Hall–Kier alpha value is -2.86. The van der Waals surface area contributed by atoms with Gasteiger partial charge < -0.3 is 19.3 Å². The molecule has 2 aromatic carbocycles. The first-order chi connectivity index (χ1) is 15.4. The molecule has 2 heterocycles. The summed E-state index contributed by atoms with van der Waals surface area (Å²) < 4.78 is 16.3. The van der Waals surface area contributed by atoms with Gasteiger partial charge in [0.05, 0.1) is 43.8 Å². The van der Waals surface area contributed by atoms with Gasteiger partial charge in [-0.2, -0.15) is 5.26 Å². The van der Waals surface area contributed by atoms with Crippen LogP contribution in [0.15, 0.2) is 47.0 Å². The second-order valence-electron chi connectivity index (χ2n) is 7.39. The van der Waals surface area contributed by atoms with Crippen LogP contribution < -0.4 is 14.2 Å². The Balaban J connectivity index is 1.82. The average molecular weight is 473 g/mol. The quantitative estimate of drug-likeness (QED) is 0.702. The Morgan fingerprint density at radius 2 is 1.78 bits per heavy atom. The van der Waals surface area contributed by atoms with Crippen LogP contribution in [0.5, 0.6) is 17.2 Å². The van der Waals surface area contributed by atoms with E-state index in [1.807, 2.05) is 0 Å². The summed E-state index contributed by atoms with van der Waals surface area (Å²) in [7, 11) is 4.53. The fraction of sp³-hybridized carbons (Fsp3) is 0.304. The molecule has 0 radical (unpaired) electrons. The number of aliphatic hydroxyl groups is 1. The van der Waals surface area contributed by atoms with Crippen LogP contribution in [0, 0.1) is 11.3 Å². The molecule has 9 heteroatoms. The molecule has 4 rings (SSSR count). The van der Waals surface area contributed by atoms with Crippen molar-refractivity contribution in [1.29, 1.82) is 5.26 Å². The smallest absolute Gasteiger partial charge is 0.231 e. The molecular formula is C23H21ClN2O5S. The fourth-order valence-corrected chi connectivity index (χ4v) is 5.63. The topological polar surface area (TPSA) is 92.0 Å². The molecule has 0 aromatic heterocycles. The monoisotopic (exact) mass is 472 g/mol. The van der Waals surface area contributed by atoms with Crippen molar-refractivity contribution in [3.05, 3.63) is 63.1 Å². The maximum absolute atomic E-state index is 13.3. The molecule has 2 aliphatic heterocycles. The number of fused-ring (bicyclic) bond motifs is 1. The minimum absolute atomic E-state index is 0.0154. The fourth-order valence-electron chi connectivity index (χ4n) is 4.14. The number of amides is 1. The third kappa shape index (κ3) is 3.47. The highest BCUT2D eigenvalue weighted by atomic mass is 35.5. The predicted molar refractivity (Wildman–Crippen MR) is 121 cm³/mol. The first-order valence-electron chi connectivity index (χ1n) is 9.76. The van der Waals surface area contributed by atoms with Crippen LogP contribution in [0.25, 0.3) is 0 Å². The second kappa shape index (κ2) is 8.58. The summed E-state index contributed by atoms with van der Waals surface area (Å²) in [5.41, 5.74) is 0.0958. The summed E-state index contributed by atoms with van der Waals surface area (Å²) in [5, 5.41) is 22.5. The normalized spacial score (nSPS) is 22.4. The van der Waals surface area contributed by atoms with Gasteiger partial charge in [0, 0.05) is 22.9 Å². The first-order valence-corrected chi connectivity index (χ1v) is 11.1. The lowest BCUT2D eigenvalue weighted by molar-refractivity contribution is -0.149. The van der Waals surface area contributed by atoms with Gasteiger partial charge in [0.1, 0.15) is 0 Å². The Morgan fingerprint density at radius 1 is 1.16 bits per heavy atom. The lowest BCUT2D eigenvalue weighted by Gasteiger charge is -2.38. The molecule has 1 fully saturated rings. The van der Waals surface area contributed by atoms with Crippen molar-refractivity contribution >= 4 is 29.3 Å². The second-order valence-corrected chi connectivity index (χ2v) is 8.79. The number of hydrogen-bond donors (Lipinski definition) is 1. The minimum atomic E-state index is -1.55. The number of carbonyl (C=O) groups excluding carboxylic acids is 1. The van der Waals surface area contributed by atoms with Crippen molar-refractivity contribution in [3.63, 3.8) is 0 Å². The number of rotatable bonds is 5. The maximum atomic E-state index is 13.3. The van der Waals surface area contributed by atoms with E-state index in [2.05, 4.69) is 6.07 Å². The predicted octanol–water partition coefficient (Wildman–Crippen LogP) is 4.01. The molecule has 0 saturated carbocycles. The molecule has 0 spiro atoms. The molecule has 2 aliphatic rings. The number of benzene rings is 2. The van der Waals surface area contributed by atoms with E-state index in [9.17, 15) is 15.2 Å². The van der Waals surface area contributed by atoms with Gasteiger partial charge >= 0.3 is 0 Å². The first kappa shape index (κ1) is 22.3. The van der Waals surface area contributed by atoms with Gasteiger partial charge in [-0.15, -0.1) is 11.8 Å². The van der Waals surface area contributed by atoms with E-state index in [-0.39, 0.29) is 18.1 Å². The zero-order valence-corrected chi connectivity index (χ0v) is 19.3. The van der Waals surface area contributed by atoms with E-state index in [0.29, 0.717) is 44.0 Å². The van der Waals surface area contributed by atoms with Crippen molar-refractivity contribution in [2.75, 3.05) is 27.1 Å². The van der Waals surface area contributed by atoms with Crippen molar-refractivity contribution < 1.29 is 24.1 Å². The number of thioether (sulfide) groups is 1. The molecule has 32 heavy (non-hydrogen) atoms. The average Bonchev–Trinajstić information content (AvgIpc) is 3.17. The number of carbonyl (C=O) groups is 1. The number of nitriles is 1. The van der Waals surface area contributed by atoms with Crippen LogP contribution in [0.2, 0.25) is 5.02 Å². The van der Waals surface area contributed by atoms with Crippen molar-refractivity contribution in [1.82, 2.24) is 4.90 Å². The molecule has 166 valence electrons. The molecule has 2 atom stereocenters. The molecule has 7 nitrogen and oxygen atoms in total. The van der Waals surface area contributed by atoms with E-state index in [0.717, 1.165) is 0 Å². The minimum Gasteiger partial charge on any atom is -0.493 e. The van der Waals surface area contributed by atoms with Crippen LogP contribution >= 0.6 is 23.4 Å². The Labute approximate surface area is 195 Å². The number of methoxy groups -OCH3 is 3. The molecule has 0 bridgehead atoms. The van der Waals surface area contributed by atoms with Gasteiger partial charge in [-0.3, -0.25) is 9.69 Å². The summed E-state index contributed by atoms with van der Waals surface area (Å²) in [4.78, 5) is 14.6. The lowest BCUT2D eigenvalue weighted by atomic mass is 9.85. The zero-order valence-electron chi connectivity index (χ0n) is 17.7. The molecule has 1 N–H and O–H groups in total. The Morgan fingerprint density at radius 3 is 2.31 bits per heavy atom. The highest BCUT2D eigenvalue weighted by molar-refractivity contribution is 8.03. The van der Waals surface area contributed by atoms with Crippen LogP contribution in [-0.2, 0) is 10.5 Å². The molecule has 2 aromatic rings. The van der Waals surface area contributed by atoms with Gasteiger partial charge in [0.15, 0.2) is 17.2 Å². The number of hydrogen-bond acceptors (Lipinski definition) is 7. The largest absolute Gasteiger partial charge is 0.493 e. The van der Waals surface area contributed by atoms with Gasteiger partial charge in [-0.25, -0.2) is 0 Å². The molecule has 0 aliphatic carbocycles. The summed E-state index contributed by atoms with van der Waals surface area (Å²) in [6.07, 6.45) is 0.0154. The molecule has 1 saturated heterocycles. The van der Waals surface area contributed by atoms with E-state index in [1.165, 1.54) is 38.0 Å². The van der Waals surface area contributed by atoms with E-state index in [1.54, 1.807) is 36.4 Å². The maximum Gasteiger partial charge on any atom is 0.231 e. The van der Waals surface area contributed by atoms with Crippen LogP contribution in [0.4, 0.5) is 0 Å². The number of allylic oxidation sites excluding steroid dienone is 1. The standard InChI is InChI=1S/C23H21ClN2O5S/c1-29-18-8-13(9-19(30-2)21(18)31-3)16-10-20(27)26-22(17(16)11-25)32-12-23(26,28)14-4-6-15(24)7-5-14/h4-9,16,28H,10,12H2,1-3H3/t16-,23-/m0/s1. The van der Waals surface area contributed by atoms with E-state index in [4.69, 9.17) is 25.8 Å². The van der Waals surface area contributed by atoms with Crippen molar-refractivity contribution in [3.8, 4) is 23.3 Å². The Kier molecular flexibility index (Phi) is 5.99. The van der Waals surface area contributed by atoms with E-state index < -0.39 is 11.6 Å². The molecule has 1 amide bonds. The summed E-state index contributed by atoms with van der Waals surface area (Å²) >= 11 is 7.27. The van der Waals surface area contributed by atoms with Gasteiger partial charge in [0.2, 0.25) is 11.7 Å². The molecular weight excluding hydrogens is 452 g/mol. The van der Waals surface area contributed by atoms with Gasteiger partial charge in [0.25, 0.3) is 0 Å². The van der Waals surface area contributed by atoms with Crippen LogP contribution in [-0.4, -0.2) is 43.0 Å². The van der Waals surface area contributed by atoms with E-state index >= 15 is 0 Å². The summed E-state index contributed by atoms with van der Waals surface area (Å²) in [6, 6.07) is 12.5. The SMILES string of the molecule is COc1cc([C@@H]2CC(=O)N3C(=C2C#N)SC[C@]3(O)c2ccc(Cl)cc2)cc(OC)c1OC. The Bertz CT molecular complexity index is 1120. The summed E-state index contributed by atoms with van der Waals surface area (Å²) in [5.74, 6) is 0.739. The van der Waals surface area contributed by atoms with Crippen molar-refractivity contribution in [2.45, 2.75) is 18.1 Å². The third-order valence-electron chi connectivity index (χ3n) is 5.71.